The van der Waals surface area contributed by atoms with Crippen LogP contribution in [0.25, 0.3) is 0 Å². The normalized spacial score (nSPS) is 15.1. The summed E-state index contributed by atoms with van der Waals surface area (Å²) in [6, 6.07) is 0. The van der Waals surface area contributed by atoms with Crippen LogP contribution in [0.3, 0.4) is 0 Å². The maximum absolute atomic E-state index is 10.6. The van der Waals surface area contributed by atoms with Crippen molar-refractivity contribution in [2.45, 2.75) is 25.5 Å². The second-order valence-corrected chi connectivity index (χ2v) is 4.60. The molecule has 1 atom stereocenters. The molecule has 2 nitrogen and oxygen atoms in total. The van der Waals surface area contributed by atoms with Gasteiger partial charge >= 0.3 is 0 Å². The highest BCUT2D eigenvalue weighted by atomic mass is 35.7. The summed E-state index contributed by atoms with van der Waals surface area (Å²) in [6.07, 6.45) is 0. The standard InChI is InChI=1S/C5H9ClO2S/c1-4(7)5(2,3)9(6)8/h1-3H3. The lowest BCUT2D eigenvalue weighted by molar-refractivity contribution is -0.118. The van der Waals surface area contributed by atoms with Crippen molar-refractivity contribution in [1.82, 2.24) is 0 Å². The first kappa shape index (κ1) is 9.11. The average Bonchev–Trinajstić information content (AvgIpc) is 1.65. The SMILES string of the molecule is CC(=O)C(C)(C)S(=O)Cl. The summed E-state index contributed by atoms with van der Waals surface area (Å²) < 4.78 is 9.66. The highest BCUT2D eigenvalue weighted by molar-refractivity contribution is 8.10. The van der Waals surface area contributed by atoms with Crippen molar-refractivity contribution >= 4 is 26.5 Å². The number of hydrogen-bond acceptors (Lipinski definition) is 2. The molecule has 0 aromatic heterocycles. The number of carbonyl (C=O) groups is 1. The maximum Gasteiger partial charge on any atom is 0.149 e. The number of carbonyl (C=O) groups excluding carboxylic acids is 1. The maximum atomic E-state index is 10.6. The lowest BCUT2D eigenvalue weighted by Gasteiger charge is -2.14. The molecule has 1 unspecified atom stereocenters. The Labute approximate surface area is 61.5 Å². The topological polar surface area (TPSA) is 34.1 Å². The minimum Gasteiger partial charge on any atom is -0.298 e. The largest absolute Gasteiger partial charge is 0.298 e. The molecule has 0 fully saturated rings. The number of rotatable bonds is 2. The van der Waals surface area contributed by atoms with E-state index >= 15 is 0 Å². The Kier molecular flexibility index (Phi) is 2.83. The van der Waals surface area contributed by atoms with Crippen molar-refractivity contribution in [2.24, 2.45) is 0 Å². The molecule has 0 aromatic rings. The zero-order valence-corrected chi connectivity index (χ0v) is 7.18. The molecular formula is C5H9ClO2S. The molecule has 0 aliphatic heterocycles. The summed E-state index contributed by atoms with van der Waals surface area (Å²) in [6.45, 7) is 4.48. The van der Waals surface area contributed by atoms with Crippen LogP contribution >= 0.6 is 10.7 Å². The van der Waals surface area contributed by atoms with E-state index in [2.05, 4.69) is 0 Å². The molecular weight excluding hydrogens is 160 g/mol. The van der Waals surface area contributed by atoms with Crippen molar-refractivity contribution in [1.29, 1.82) is 0 Å². The van der Waals surface area contributed by atoms with Crippen molar-refractivity contribution in [3.8, 4) is 0 Å². The molecule has 0 saturated carbocycles. The predicted octanol–water partition coefficient (Wildman–Crippen LogP) is 1.26. The summed E-state index contributed by atoms with van der Waals surface area (Å²) in [5.41, 5.74) is 0. The fraction of sp³-hybridized carbons (Fsp3) is 0.800. The highest BCUT2D eigenvalue weighted by Crippen LogP contribution is 2.16. The van der Waals surface area contributed by atoms with E-state index in [4.69, 9.17) is 10.7 Å². The molecule has 4 heteroatoms. The molecule has 0 aliphatic rings. The zero-order valence-electron chi connectivity index (χ0n) is 5.60. The molecule has 0 rings (SSSR count). The molecule has 0 aromatic carbocycles. The highest BCUT2D eigenvalue weighted by Gasteiger charge is 2.29. The summed E-state index contributed by atoms with van der Waals surface area (Å²) >= 11 is 0. The van der Waals surface area contributed by atoms with E-state index in [9.17, 15) is 9.00 Å². The minimum atomic E-state index is -1.58. The Morgan fingerprint density at radius 3 is 1.89 bits per heavy atom. The number of hydrogen-bond donors (Lipinski definition) is 0. The molecule has 54 valence electrons. The summed E-state index contributed by atoms with van der Waals surface area (Å²) in [5.74, 6) is -0.157. The van der Waals surface area contributed by atoms with Gasteiger partial charge in [-0.3, -0.25) is 4.79 Å². The molecule has 0 amide bonds. The van der Waals surface area contributed by atoms with Crippen LogP contribution in [0, 0.1) is 0 Å². The summed E-state index contributed by atoms with van der Waals surface area (Å²) in [5, 5.41) is 0. The van der Waals surface area contributed by atoms with Crippen molar-refractivity contribution in [2.75, 3.05) is 0 Å². The van der Waals surface area contributed by atoms with Crippen molar-refractivity contribution in [3.63, 3.8) is 0 Å². The van der Waals surface area contributed by atoms with Crippen LogP contribution in [0.4, 0.5) is 0 Å². The van der Waals surface area contributed by atoms with Gasteiger partial charge in [-0.05, 0) is 31.5 Å². The van der Waals surface area contributed by atoms with Gasteiger partial charge in [-0.25, -0.2) is 4.21 Å². The second-order valence-electron chi connectivity index (χ2n) is 2.29. The van der Waals surface area contributed by atoms with Crippen LogP contribution in [-0.2, 0) is 14.8 Å². The Morgan fingerprint density at radius 1 is 1.56 bits per heavy atom. The van der Waals surface area contributed by atoms with E-state index in [1.165, 1.54) is 6.92 Å². The molecule has 0 bridgehead atoms. The number of Topliss-reactive ketones (excluding diaryl/α,β-unsaturated/α-hetero) is 1. The van der Waals surface area contributed by atoms with E-state index < -0.39 is 14.8 Å². The Balaban J connectivity index is 4.38. The smallest absolute Gasteiger partial charge is 0.149 e. The van der Waals surface area contributed by atoms with E-state index in [0.717, 1.165) is 0 Å². The van der Waals surface area contributed by atoms with Crippen LogP contribution < -0.4 is 0 Å². The molecule has 0 radical (unpaired) electrons. The fourth-order valence-electron chi connectivity index (χ4n) is 0.113. The van der Waals surface area contributed by atoms with E-state index in [1.54, 1.807) is 13.8 Å². The van der Waals surface area contributed by atoms with Gasteiger partial charge in [-0.2, -0.15) is 0 Å². The van der Waals surface area contributed by atoms with Gasteiger partial charge in [0, 0.05) is 0 Å². The van der Waals surface area contributed by atoms with Gasteiger partial charge in [0.25, 0.3) is 0 Å². The third-order valence-corrected chi connectivity index (χ3v) is 3.50. The first-order valence-electron chi connectivity index (χ1n) is 2.48. The van der Waals surface area contributed by atoms with Crippen LogP contribution in [0.5, 0.6) is 0 Å². The molecule has 0 N–H and O–H groups in total. The zero-order chi connectivity index (χ0) is 7.65. The monoisotopic (exact) mass is 168 g/mol. The van der Waals surface area contributed by atoms with Gasteiger partial charge in [-0.1, -0.05) is 0 Å². The summed E-state index contributed by atoms with van der Waals surface area (Å²) in [7, 11) is 3.63. The van der Waals surface area contributed by atoms with Crippen LogP contribution in [0.15, 0.2) is 0 Å². The van der Waals surface area contributed by atoms with Crippen molar-refractivity contribution < 1.29 is 9.00 Å². The Morgan fingerprint density at radius 2 is 1.89 bits per heavy atom. The van der Waals surface area contributed by atoms with E-state index in [1.807, 2.05) is 0 Å². The summed E-state index contributed by atoms with van der Waals surface area (Å²) in [4.78, 5) is 10.6. The number of ketones is 1. The molecule has 0 heterocycles. The Hall–Kier alpha value is 0.110. The van der Waals surface area contributed by atoms with E-state index in [-0.39, 0.29) is 5.78 Å². The quantitative estimate of drug-likeness (QED) is 0.582. The Bertz CT molecular complexity index is 137. The molecule has 0 aliphatic carbocycles. The number of halogens is 1. The van der Waals surface area contributed by atoms with E-state index in [0.29, 0.717) is 0 Å². The third kappa shape index (κ3) is 2.06. The fourth-order valence-corrected chi connectivity index (χ4v) is 0.665. The van der Waals surface area contributed by atoms with Crippen LogP contribution in [-0.4, -0.2) is 14.7 Å². The lowest BCUT2D eigenvalue weighted by Crippen LogP contribution is -2.31. The van der Waals surface area contributed by atoms with Gasteiger partial charge in [0.1, 0.15) is 20.5 Å². The second kappa shape index (κ2) is 2.80. The van der Waals surface area contributed by atoms with Crippen molar-refractivity contribution in [3.05, 3.63) is 0 Å². The molecule has 9 heavy (non-hydrogen) atoms. The van der Waals surface area contributed by atoms with Gasteiger partial charge in [0.15, 0.2) is 0 Å². The first-order chi connectivity index (χ1) is 3.89. The van der Waals surface area contributed by atoms with Gasteiger partial charge in [0.05, 0.1) is 0 Å². The average molecular weight is 169 g/mol. The van der Waals surface area contributed by atoms with Gasteiger partial charge in [-0.15, -0.1) is 0 Å². The molecule has 0 saturated heterocycles. The predicted molar refractivity (Wildman–Crippen MR) is 38.8 cm³/mol. The third-order valence-electron chi connectivity index (χ3n) is 1.25. The lowest BCUT2D eigenvalue weighted by atomic mass is 10.1. The van der Waals surface area contributed by atoms with Crippen LogP contribution in [0.1, 0.15) is 20.8 Å². The minimum absolute atomic E-state index is 0.157. The first-order valence-corrected chi connectivity index (χ1v) is 4.46. The molecule has 0 spiro atoms. The van der Waals surface area contributed by atoms with Crippen LogP contribution in [0.2, 0.25) is 0 Å². The van der Waals surface area contributed by atoms with Gasteiger partial charge < -0.3 is 0 Å². The van der Waals surface area contributed by atoms with Gasteiger partial charge in [0.2, 0.25) is 0 Å².